The van der Waals surface area contributed by atoms with E-state index in [4.69, 9.17) is 4.74 Å². The molecule has 2 heteroatoms. The highest BCUT2D eigenvalue weighted by Gasteiger charge is 2.44. The van der Waals surface area contributed by atoms with Gasteiger partial charge in [-0.05, 0) is 57.3 Å². The minimum absolute atomic E-state index is 0.0000463. The Kier molecular flexibility index (Phi) is 3.02. The van der Waals surface area contributed by atoms with Gasteiger partial charge in [0.1, 0.15) is 6.10 Å². The molecule has 92 valence electrons. The van der Waals surface area contributed by atoms with Crippen LogP contribution in [0.5, 0.6) is 0 Å². The average Bonchev–Trinajstić information content (AvgIpc) is 2.78. The lowest BCUT2D eigenvalue weighted by molar-refractivity contribution is -0.164. The normalized spacial score (nSPS) is 33.4. The highest BCUT2D eigenvalue weighted by molar-refractivity contribution is 5.76. The zero-order valence-corrected chi connectivity index (χ0v) is 11.0. The number of hydrogen-bond acceptors (Lipinski definition) is 2. The largest absolute Gasteiger partial charge is 0.462 e. The molecular formula is C14H24O2. The molecule has 0 aromatic rings. The fraction of sp³-hybridized carbons (Fsp3) is 0.929. The van der Waals surface area contributed by atoms with E-state index in [0.29, 0.717) is 11.8 Å². The maximum atomic E-state index is 12.1. The smallest absolute Gasteiger partial charge is 0.312 e. The van der Waals surface area contributed by atoms with E-state index in [1.54, 1.807) is 0 Å². The van der Waals surface area contributed by atoms with Crippen LogP contribution in [0.2, 0.25) is 0 Å². The molecule has 2 fully saturated rings. The molecule has 0 aromatic carbocycles. The maximum Gasteiger partial charge on any atom is 0.312 e. The lowest BCUT2D eigenvalue weighted by Crippen LogP contribution is -2.36. The molecule has 0 amide bonds. The molecule has 2 aliphatic rings. The second-order valence-corrected chi connectivity index (χ2v) is 6.50. The molecule has 2 nitrogen and oxygen atoms in total. The van der Waals surface area contributed by atoms with Crippen LogP contribution in [0.3, 0.4) is 0 Å². The Bertz CT molecular complexity index is 280. The molecule has 0 spiro atoms. The van der Waals surface area contributed by atoms with Crippen molar-refractivity contribution in [3.63, 3.8) is 0 Å². The van der Waals surface area contributed by atoms with Crippen LogP contribution in [0.4, 0.5) is 0 Å². The second kappa shape index (κ2) is 4.05. The highest BCUT2D eigenvalue weighted by atomic mass is 16.5. The standard InChI is InChI=1S/C14H24O2/c1-9(2)14(3,4)13(15)16-12-8-10-5-6-11(12)7-10/h9-12H,5-8H2,1-4H3. The molecule has 3 atom stereocenters. The molecule has 0 heterocycles. The maximum absolute atomic E-state index is 12.1. The quantitative estimate of drug-likeness (QED) is 0.687. The van der Waals surface area contributed by atoms with E-state index in [-0.39, 0.29) is 17.5 Å². The first-order valence-corrected chi connectivity index (χ1v) is 6.62. The van der Waals surface area contributed by atoms with Crippen molar-refractivity contribution in [2.45, 2.75) is 59.5 Å². The first-order chi connectivity index (χ1) is 7.41. The summed E-state index contributed by atoms with van der Waals surface area (Å²) in [6, 6.07) is 0. The van der Waals surface area contributed by atoms with E-state index in [0.717, 1.165) is 12.3 Å². The molecule has 0 saturated heterocycles. The van der Waals surface area contributed by atoms with Crippen molar-refractivity contribution in [2.75, 3.05) is 0 Å². The number of hydrogen-bond donors (Lipinski definition) is 0. The van der Waals surface area contributed by atoms with Crippen LogP contribution in [0.1, 0.15) is 53.4 Å². The molecule has 0 aromatic heterocycles. The van der Waals surface area contributed by atoms with Crippen LogP contribution in [-0.2, 0) is 9.53 Å². The summed E-state index contributed by atoms with van der Waals surface area (Å²) in [5.74, 6) is 1.83. The highest BCUT2D eigenvalue weighted by Crippen LogP contribution is 2.46. The third-order valence-electron chi connectivity index (χ3n) is 4.90. The number of fused-ring (bicyclic) bond motifs is 2. The van der Waals surface area contributed by atoms with Gasteiger partial charge >= 0.3 is 5.97 Å². The summed E-state index contributed by atoms with van der Waals surface area (Å²) in [5, 5.41) is 0. The summed E-state index contributed by atoms with van der Waals surface area (Å²) in [5.41, 5.74) is -0.345. The molecule has 0 radical (unpaired) electrons. The van der Waals surface area contributed by atoms with Crippen molar-refractivity contribution in [3.8, 4) is 0 Å². The molecule has 2 saturated carbocycles. The first kappa shape index (κ1) is 11.9. The monoisotopic (exact) mass is 224 g/mol. The van der Waals surface area contributed by atoms with E-state index in [1.165, 1.54) is 19.3 Å². The molecule has 16 heavy (non-hydrogen) atoms. The van der Waals surface area contributed by atoms with E-state index in [1.807, 2.05) is 13.8 Å². The molecule has 0 N–H and O–H groups in total. The van der Waals surface area contributed by atoms with Gasteiger partial charge < -0.3 is 4.74 Å². The van der Waals surface area contributed by atoms with Crippen molar-refractivity contribution in [1.82, 2.24) is 0 Å². The molecule has 3 unspecified atom stereocenters. The number of ether oxygens (including phenoxy) is 1. The summed E-state index contributed by atoms with van der Waals surface area (Å²) >= 11 is 0. The molecule has 2 bridgehead atoms. The average molecular weight is 224 g/mol. The van der Waals surface area contributed by atoms with Gasteiger partial charge in [-0.25, -0.2) is 0 Å². The number of rotatable bonds is 3. The molecule has 0 aliphatic heterocycles. The lowest BCUT2D eigenvalue weighted by atomic mass is 9.81. The van der Waals surface area contributed by atoms with E-state index < -0.39 is 0 Å². The van der Waals surface area contributed by atoms with Crippen molar-refractivity contribution >= 4 is 5.97 Å². The zero-order valence-electron chi connectivity index (χ0n) is 11.0. The van der Waals surface area contributed by atoms with Gasteiger partial charge in [-0.2, -0.15) is 0 Å². The molecular weight excluding hydrogens is 200 g/mol. The second-order valence-electron chi connectivity index (χ2n) is 6.50. The van der Waals surface area contributed by atoms with Crippen molar-refractivity contribution in [3.05, 3.63) is 0 Å². The van der Waals surface area contributed by atoms with Crippen LogP contribution in [-0.4, -0.2) is 12.1 Å². The van der Waals surface area contributed by atoms with Gasteiger partial charge in [0.05, 0.1) is 5.41 Å². The number of carbonyl (C=O) groups excluding carboxylic acids is 1. The van der Waals surface area contributed by atoms with Crippen LogP contribution < -0.4 is 0 Å². The topological polar surface area (TPSA) is 26.3 Å². The van der Waals surface area contributed by atoms with Gasteiger partial charge in [-0.1, -0.05) is 13.8 Å². The van der Waals surface area contributed by atoms with Gasteiger partial charge in [-0.3, -0.25) is 4.79 Å². The summed E-state index contributed by atoms with van der Waals surface area (Å²) in [7, 11) is 0. The third kappa shape index (κ3) is 1.99. The van der Waals surface area contributed by atoms with Gasteiger partial charge in [0, 0.05) is 0 Å². The minimum atomic E-state index is -0.345. The Morgan fingerprint density at radius 2 is 1.94 bits per heavy atom. The van der Waals surface area contributed by atoms with Crippen molar-refractivity contribution < 1.29 is 9.53 Å². The van der Waals surface area contributed by atoms with Gasteiger partial charge in [0.25, 0.3) is 0 Å². The van der Waals surface area contributed by atoms with E-state index in [2.05, 4.69) is 13.8 Å². The Labute approximate surface area is 98.7 Å². The third-order valence-corrected chi connectivity index (χ3v) is 4.90. The van der Waals surface area contributed by atoms with Crippen LogP contribution in [0, 0.1) is 23.2 Å². The van der Waals surface area contributed by atoms with Crippen LogP contribution >= 0.6 is 0 Å². The summed E-state index contributed by atoms with van der Waals surface area (Å²) in [6.07, 6.45) is 5.26. The zero-order chi connectivity index (χ0) is 11.9. The number of esters is 1. The Morgan fingerprint density at radius 3 is 2.38 bits per heavy atom. The lowest BCUT2D eigenvalue weighted by Gasteiger charge is -2.30. The minimum Gasteiger partial charge on any atom is -0.462 e. The number of carbonyl (C=O) groups is 1. The van der Waals surface area contributed by atoms with Gasteiger partial charge in [-0.15, -0.1) is 0 Å². The Hall–Kier alpha value is -0.530. The summed E-state index contributed by atoms with van der Waals surface area (Å²) < 4.78 is 5.73. The predicted molar refractivity (Wildman–Crippen MR) is 63.9 cm³/mol. The van der Waals surface area contributed by atoms with Gasteiger partial charge in [0.2, 0.25) is 0 Å². The summed E-state index contributed by atoms with van der Waals surface area (Å²) in [6.45, 7) is 8.16. The fourth-order valence-corrected chi connectivity index (χ4v) is 2.86. The van der Waals surface area contributed by atoms with Crippen LogP contribution in [0.15, 0.2) is 0 Å². The SMILES string of the molecule is CC(C)C(C)(C)C(=O)OC1CC2CCC1C2. The predicted octanol–water partition coefficient (Wildman–Crippen LogP) is 3.40. The van der Waals surface area contributed by atoms with Crippen LogP contribution in [0.25, 0.3) is 0 Å². The Morgan fingerprint density at radius 1 is 1.25 bits per heavy atom. The first-order valence-electron chi connectivity index (χ1n) is 6.62. The van der Waals surface area contributed by atoms with Gasteiger partial charge in [0.15, 0.2) is 0 Å². The Balaban J connectivity index is 1.93. The van der Waals surface area contributed by atoms with E-state index in [9.17, 15) is 4.79 Å². The van der Waals surface area contributed by atoms with E-state index >= 15 is 0 Å². The fourth-order valence-electron chi connectivity index (χ4n) is 2.86. The van der Waals surface area contributed by atoms with Crippen molar-refractivity contribution in [1.29, 1.82) is 0 Å². The molecule has 2 rings (SSSR count). The molecule has 2 aliphatic carbocycles. The summed E-state index contributed by atoms with van der Waals surface area (Å²) in [4.78, 5) is 12.1. The van der Waals surface area contributed by atoms with Crippen molar-refractivity contribution in [2.24, 2.45) is 23.2 Å².